The minimum Gasteiger partial charge on any atom is -0.387 e. The van der Waals surface area contributed by atoms with Gasteiger partial charge in [0.1, 0.15) is 0 Å². The van der Waals surface area contributed by atoms with E-state index in [0.29, 0.717) is 12.5 Å². The first-order valence-electron chi connectivity index (χ1n) is 9.16. The lowest BCUT2D eigenvalue weighted by atomic mass is 9.95. The zero-order valence-electron chi connectivity index (χ0n) is 15.1. The van der Waals surface area contributed by atoms with Crippen molar-refractivity contribution < 1.29 is 9.90 Å². The molecule has 0 aromatic heterocycles. The fraction of sp³-hybridized carbons (Fsp3) is 0.632. The molecule has 7 heteroatoms. The van der Waals surface area contributed by atoms with E-state index in [4.69, 9.17) is 0 Å². The number of rotatable bonds is 6. The van der Waals surface area contributed by atoms with Gasteiger partial charge in [-0.1, -0.05) is 30.3 Å². The largest absolute Gasteiger partial charge is 0.387 e. The average Bonchev–Trinajstić information content (AvgIpc) is 3.16. The van der Waals surface area contributed by atoms with E-state index in [1.54, 1.807) is 0 Å². The molecule has 2 atom stereocenters. The van der Waals surface area contributed by atoms with Gasteiger partial charge in [-0.25, -0.2) is 0 Å². The predicted molar refractivity (Wildman–Crippen MR) is 109 cm³/mol. The molecule has 2 heterocycles. The Kier molecular flexibility index (Phi) is 10.5. The van der Waals surface area contributed by atoms with Crippen molar-refractivity contribution in [1.82, 2.24) is 15.5 Å². The number of piperidine rings is 1. The standard InChI is InChI=1S/C19H29N3O2.2ClH/c23-18(16-4-2-1-3-5-16)14-22-10-7-15(8-11-22)12-21-19(24)17-6-9-20-13-17;;/h1-5,15,17-18,20,23H,6-14H2,(H,21,24);2*1H. The van der Waals surface area contributed by atoms with Crippen molar-refractivity contribution in [2.75, 3.05) is 39.3 Å². The predicted octanol–water partition coefficient (Wildman–Crippen LogP) is 2.00. The highest BCUT2D eigenvalue weighted by Crippen LogP contribution is 2.20. The summed E-state index contributed by atoms with van der Waals surface area (Å²) in [4.78, 5) is 14.4. The highest BCUT2D eigenvalue weighted by Gasteiger charge is 2.25. The number of carbonyl (C=O) groups is 1. The Labute approximate surface area is 168 Å². The second-order valence-corrected chi connectivity index (χ2v) is 7.11. The average molecular weight is 404 g/mol. The number of carbonyl (C=O) groups excluding carboxylic acids is 1. The highest BCUT2D eigenvalue weighted by atomic mass is 35.5. The van der Waals surface area contributed by atoms with Crippen molar-refractivity contribution in [3.8, 4) is 0 Å². The molecule has 2 unspecified atom stereocenters. The van der Waals surface area contributed by atoms with Crippen molar-refractivity contribution in [2.45, 2.75) is 25.4 Å². The maximum atomic E-state index is 12.1. The Bertz CT molecular complexity index is 519. The summed E-state index contributed by atoms with van der Waals surface area (Å²) < 4.78 is 0. The summed E-state index contributed by atoms with van der Waals surface area (Å²) in [5.74, 6) is 0.932. The van der Waals surface area contributed by atoms with E-state index in [2.05, 4.69) is 15.5 Å². The fourth-order valence-electron chi connectivity index (χ4n) is 3.67. The Hall–Kier alpha value is -0.850. The highest BCUT2D eigenvalue weighted by molar-refractivity contribution is 5.85. The molecule has 3 rings (SSSR count). The minimum absolute atomic E-state index is 0. The molecule has 1 aromatic carbocycles. The van der Waals surface area contributed by atoms with E-state index in [9.17, 15) is 9.90 Å². The maximum absolute atomic E-state index is 12.1. The van der Waals surface area contributed by atoms with Gasteiger partial charge in [-0.3, -0.25) is 4.79 Å². The Morgan fingerprint density at radius 1 is 1.19 bits per heavy atom. The Morgan fingerprint density at radius 2 is 1.88 bits per heavy atom. The number of hydrogen-bond donors (Lipinski definition) is 3. The van der Waals surface area contributed by atoms with Crippen LogP contribution in [0.15, 0.2) is 30.3 Å². The zero-order chi connectivity index (χ0) is 16.8. The number of aliphatic hydroxyl groups excluding tert-OH is 1. The van der Waals surface area contributed by atoms with Crippen molar-refractivity contribution in [3.63, 3.8) is 0 Å². The van der Waals surface area contributed by atoms with Crippen LogP contribution in [0, 0.1) is 11.8 Å². The number of halogens is 2. The molecule has 0 radical (unpaired) electrons. The molecule has 148 valence electrons. The van der Waals surface area contributed by atoms with Crippen LogP contribution < -0.4 is 10.6 Å². The Morgan fingerprint density at radius 3 is 2.50 bits per heavy atom. The monoisotopic (exact) mass is 403 g/mol. The molecule has 2 aliphatic heterocycles. The lowest BCUT2D eigenvalue weighted by molar-refractivity contribution is -0.124. The van der Waals surface area contributed by atoms with Gasteiger partial charge in [0.2, 0.25) is 5.91 Å². The first kappa shape index (κ1) is 23.2. The molecule has 1 amide bonds. The summed E-state index contributed by atoms with van der Waals surface area (Å²) in [6, 6.07) is 9.86. The van der Waals surface area contributed by atoms with Crippen LogP contribution in [-0.2, 0) is 4.79 Å². The molecule has 2 fully saturated rings. The molecule has 2 aliphatic rings. The van der Waals surface area contributed by atoms with E-state index in [-0.39, 0.29) is 36.6 Å². The lowest BCUT2D eigenvalue weighted by Gasteiger charge is -2.33. The number of likely N-dealkylation sites (tertiary alicyclic amines) is 1. The molecule has 5 nitrogen and oxygen atoms in total. The van der Waals surface area contributed by atoms with E-state index >= 15 is 0 Å². The molecular formula is C19H31Cl2N3O2. The van der Waals surface area contributed by atoms with E-state index in [1.165, 1.54) is 0 Å². The first-order chi connectivity index (χ1) is 11.7. The summed E-state index contributed by atoms with van der Waals surface area (Å²) in [5.41, 5.74) is 0.983. The quantitative estimate of drug-likeness (QED) is 0.679. The van der Waals surface area contributed by atoms with Gasteiger partial charge >= 0.3 is 0 Å². The van der Waals surface area contributed by atoms with E-state index in [1.807, 2.05) is 30.3 Å². The number of aliphatic hydroxyl groups is 1. The lowest BCUT2D eigenvalue weighted by Crippen LogP contribution is -2.41. The normalized spacial score (nSPS) is 22.1. The van der Waals surface area contributed by atoms with Crippen molar-refractivity contribution >= 4 is 30.7 Å². The number of hydrogen-bond acceptors (Lipinski definition) is 4. The van der Waals surface area contributed by atoms with Gasteiger partial charge in [0.05, 0.1) is 12.0 Å². The molecule has 3 N–H and O–H groups in total. The van der Waals surface area contributed by atoms with Crippen LogP contribution in [-0.4, -0.2) is 55.2 Å². The van der Waals surface area contributed by atoms with Crippen LogP contribution in [0.5, 0.6) is 0 Å². The summed E-state index contributed by atoms with van der Waals surface area (Å²) in [6.45, 7) is 5.26. The number of nitrogens with zero attached hydrogens (tertiary/aromatic N) is 1. The number of β-amino-alcohol motifs (C(OH)–C–C–N with tert-alkyl or cyclic N) is 1. The molecule has 0 aliphatic carbocycles. The third kappa shape index (κ3) is 6.71. The molecule has 2 saturated heterocycles. The third-order valence-corrected chi connectivity index (χ3v) is 5.32. The summed E-state index contributed by atoms with van der Waals surface area (Å²) in [5, 5.41) is 16.7. The molecule has 0 bridgehead atoms. The van der Waals surface area contributed by atoms with Gasteiger partial charge in [0, 0.05) is 19.6 Å². The second kappa shape index (κ2) is 11.8. The second-order valence-electron chi connectivity index (χ2n) is 7.11. The van der Waals surface area contributed by atoms with Crippen LogP contribution in [0.2, 0.25) is 0 Å². The third-order valence-electron chi connectivity index (χ3n) is 5.32. The van der Waals surface area contributed by atoms with E-state index < -0.39 is 6.10 Å². The molecular weight excluding hydrogens is 373 g/mol. The Balaban J connectivity index is 0.00000169. The molecule has 0 spiro atoms. The first-order valence-corrected chi connectivity index (χ1v) is 9.16. The fourth-order valence-corrected chi connectivity index (χ4v) is 3.67. The van der Waals surface area contributed by atoms with Crippen LogP contribution in [0.25, 0.3) is 0 Å². The number of amides is 1. The summed E-state index contributed by atoms with van der Waals surface area (Å²) in [7, 11) is 0. The van der Waals surface area contributed by atoms with Crippen molar-refractivity contribution in [2.24, 2.45) is 11.8 Å². The zero-order valence-corrected chi connectivity index (χ0v) is 16.7. The number of benzene rings is 1. The SMILES string of the molecule is Cl.Cl.O=C(NCC1CCN(CC(O)c2ccccc2)CC1)C1CCNC1. The topological polar surface area (TPSA) is 64.6 Å². The molecule has 0 saturated carbocycles. The van der Waals surface area contributed by atoms with Gasteiger partial charge in [0.25, 0.3) is 0 Å². The van der Waals surface area contributed by atoms with Crippen molar-refractivity contribution in [1.29, 1.82) is 0 Å². The number of nitrogens with one attached hydrogen (secondary N) is 2. The maximum Gasteiger partial charge on any atom is 0.224 e. The summed E-state index contributed by atoms with van der Waals surface area (Å²) in [6.07, 6.45) is 2.72. The van der Waals surface area contributed by atoms with Crippen LogP contribution in [0.1, 0.15) is 30.9 Å². The minimum atomic E-state index is -0.419. The van der Waals surface area contributed by atoms with Gasteiger partial charge in [-0.2, -0.15) is 0 Å². The van der Waals surface area contributed by atoms with Gasteiger partial charge in [0.15, 0.2) is 0 Å². The molecule has 26 heavy (non-hydrogen) atoms. The van der Waals surface area contributed by atoms with Crippen molar-refractivity contribution in [3.05, 3.63) is 35.9 Å². The van der Waals surface area contributed by atoms with Crippen LogP contribution >= 0.6 is 24.8 Å². The van der Waals surface area contributed by atoms with E-state index in [0.717, 1.165) is 57.5 Å². The van der Waals surface area contributed by atoms with Gasteiger partial charge < -0.3 is 20.6 Å². The molecule has 1 aromatic rings. The van der Waals surface area contributed by atoms with Crippen LogP contribution in [0.4, 0.5) is 0 Å². The van der Waals surface area contributed by atoms with Gasteiger partial charge in [-0.05, 0) is 50.4 Å². The van der Waals surface area contributed by atoms with Crippen LogP contribution in [0.3, 0.4) is 0 Å². The van der Waals surface area contributed by atoms with Gasteiger partial charge in [-0.15, -0.1) is 24.8 Å². The smallest absolute Gasteiger partial charge is 0.224 e. The summed E-state index contributed by atoms with van der Waals surface area (Å²) >= 11 is 0.